The molecule has 2 aromatic rings. The average molecular weight is 293 g/mol. The Labute approximate surface area is 122 Å². The van der Waals surface area contributed by atoms with Gasteiger partial charge in [-0.3, -0.25) is 0 Å². The molecule has 0 radical (unpaired) electrons. The van der Waals surface area contributed by atoms with E-state index >= 15 is 0 Å². The van der Waals surface area contributed by atoms with E-state index in [4.69, 9.17) is 5.11 Å². The molecule has 0 saturated carbocycles. The lowest BCUT2D eigenvalue weighted by molar-refractivity contribution is 0.0697. The summed E-state index contributed by atoms with van der Waals surface area (Å²) in [5.41, 5.74) is 1.83. The van der Waals surface area contributed by atoms with E-state index in [1.807, 2.05) is 11.8 Å². The third kappa shape index (κ3) is 3.72. The van der Waals surface area contributed by atoms with Crippen LogP contribution in [0.2, 0.25) is 0 Å². The zero-order valence-corrected chi connectivity index (χ0v) is 12.4. The molecular weight excluding hydrogens is 274 g/mol. The number of rotatable bonds is 8. The fraction of sp³-hybridized carbons (Fsp3) is 0.500. The molecule has 1 aromatic heterocycles. The summed E-state index contributed by atoms with van der Waals surface area (Å²) in [6.07, 6.45) is 6.82. The maximum Gasteiger partial charge on any atom is 0.335 e. The number of unbranched alkanes of at least 4 members (excludes halogenated alkanes) is 3. The van der Waals surface area contributed by atoms with Crippen LogP contribution < -0.4 is 0 Å². The van der Waals surface area contributed by atoms with Crippen LogP contribution in [0.25, 0.3) is 11.0 Å². The highest BCUT2D eigenvalue weighted by Crippen LogP contribution is 2.15. The van der Waals surface area contributed by atoms with Crippen molar-refractivity contribution >= 4 is 28.8 Å². The monoisotopic (exact) mass is 293 g/mol. The maximum absolute atomic E-state index is 11.0. The molecule has 5 nitrogen and oxygen atoms in total. The molecule has 0 atom stereocenters. The number of hydrogen-bond donors (Lipinski definition) is 1. The lowest BCUT2D eigenvalue weighted by Gasteiger charge is -2.03. The van der Waals surface area contributed by atoms with Gasteiger partial charge in [0.25, 0.3) is 0 Å². The van der Waals surface area contributed by atoms with Crippen molar-refractivity contribution in [3.05, 3.63) is 23.8 Å². The van der Waals surface area contributed by atoms with Gasteiger partial charge in [0, 0.05) is 6.54 Å². The average Bonchev–Trinajstić information content (AvgIpc) is 2.85. The second-order valence-corrected chi connectivity index (χ2v) is 5.71. The first kappa shape index (κ1) is 14.8. The Balaban J connectivity index is 1.96. The number of aromatic nitrogens is 3. The van der Waals surface area contributed by atoms with Gasteiger partial charge in [0.1, 0.15) is 5.52 Å². The fourth-order valence-corrected chi connectivity index (χ4v) is 2.62. The van der Waals surface area contributed by atoms with Crippen molar-refractivity contribution < 1.29 is 9.90 Å². The molecule has 1 aromatic carbocycles. The topological polar surface area (TPSA) is 68.0 Å². The Morgan fingerprint density at radius 1 is 1.30 bits per heavy atom. The second kappa shape index (κ2) is 7.28. The number of thioether (sulfide) groups is 1. The lowest BCUT2D eigenvalue weighted by atomic mass is 10.2. The first-order valence-corrected chi connectivity index (χ1v) is 8.17. The molecule has 0 aliphatic carbocycles. The lowest BCUT2D eigenvalue weighted by Crippen LogP contribution is -2.02. The third-order valence-electron chi connectivity index (χ3n) is 3.23. The van der Waals surface area contributed by atoms with E-state index in [0.717, 1.165) is 24.0 Å². The first-order valence-electron chi connectivity index (χ1n) is 6.78. The van der Waals surface area contributed by atoms with E-state index < -0.39 is 5.97 Å². The zero-order valence-electron chi connectivity index (χ0n) is 11.6. The summed E-state index contributed by atoms with van der Waals surface area (Å²) in [6.45, 7) is 0.791. The van der Waals surface area contributed by atoms with Crippen molar-refractivity contribution in [2.75, 3.05) is 12.0 Å². The maximum atomic E-state index is 11.0. The number of nitrogens with zero attached hydrogens (tertiary/aromatic N) is 3. The van der Waals surface area contributed by atoms with Gasteiger partial charge in [-0.1, -0.05) is 18.1 Å². The first-order chi connectivity index (χ1) is 9.72. The largest absolute Gasteiger partial charge is 0.478 e. The second-order valence-electron chi connectivity index (χ2n) is 4.73. The molecule has 20 heavy (non-hydrogen) atoms. The summed E-state index contributed by atoms with van der Waals surface area (Å²) >= 11 is 1.88. The smallest absolute Gasteiger partial charge is 0.335 e. The molecule has 108 valence electrons. The van der Waals surface area contributed by atoms with Gasteiger partial charge in [-0.25, -0.2) is 9.48 Å². The van der Waals surface area contributed by atoms with Gasteiger partial charge in [0.2, 0.25) is 0 Å². The van der Waals surface area contributed by atoms with Gasteiger partial charge in [0.15, 0.2) is 0 Å². The molecule has 2 rings (SSSR count). The van der Waals surface area contributed by atoms with E-state index in [-0.39, 0.29) is 5.56 Å². The Morgan fingerprint density at radius 3 is 2.85 bits per heavy atom. The predicted octanol–water partition coefficient (Wildman–Crippen LogP) is 3.05. The van der Waals surface area contributed by atoms with Gasteiger partial charge in [-0.05, 0) is 43.0 Å². The van der Waals surface area contributed by atoms with Crippen LogP contribution >= 0.6 is 11.8 Å². The highest BCUT2D eigenvalue weighted by atomic mass is 32.2. The summed E-state index contributed by atoms with van der Waals surface area (Å²) in [7, 11) is 0. The van der Waals surface area contributed by atoms with Gasteiger partial charge >= 0.3 is 5.97 Å². The van der Waals surface area contributed by atoms with Crippen molar-refractivity contribution in [2.45, 2.75) is 32.2 Å². The number of aryl methyl sites for hydroxylation is 1. The van der Waals surface area contributed by atoms with Crippen LogP contribution in [-0.2, 0) is 6.54 Å². The summed E-state index contributed by atoms with van der Waals surface area (Å²) in [6, 6.07) is 4.91. The SMILES string of the molecule is CSCCCCCCn1nnc2ccc(C(=O)O)cc21. The number of benzene rings is 1. The van der Waals surface area contributed by atoms with E-state index in [0.29, 0.717) is 0 Å². The van der Waals surface area contributed by atoms with Crippen LogP contribution in [0.4, 0.5) is 0 Å². The van der Waals surface area contributed by atoms with Gasteiger partial charge in [-0.2, -0.15) is 11.8 Å². The quantitative estimate of drug-likeness (QED) is 0.758. The van der Waals surface area contributed by atoms with Gasteiger partial charge < -0.3 is 5.11 Å². The van der Waals surface area contributed by atoms with Crippen molar-refractivity contribution in [1.82, 2.24) is 15.0 Å². The molecule has 1 heterocycles. The van der Waals surface area contributed by atoms with Crippen LogP contribution in [0, 0.1) is 0 Å². The van der Waals surface area contributed by atoms with Crippen LogP contribution in [0.3, 0.4) is 0 Å². The summed E-state index contributed by atoms with van der Waals surface area (Å²) in [5, 5.41) is 17.2. The molecular formula is C14H19N3O2S. The Hall–Kier alpha value is -1.56. The molecule has 1 N–H and O–H groups in total. The zero-order chi connectivity index (χ0) is 14.4. The van der Waals surface area contributed by atoms with Crippen LogP contribution in [0.5, 0.6) is 0 Å². The normalized spacial score (nSPS) is 11.1. The molecule has 0 amide bonds. The molecule has 0 saturated heterocycles. The van der Waals surface area contributed by atoms with Crippen LogP contribution in [0.15, 0.2) is 18.2 Å². The number of aromatic carboxylic acids is 1. The highest BCUT2D eigenvalue weighted by Gasteiger charge is 2.08. The molecule has 6 heteroatoms. The number of fused-ring (bicyclic) bond motifs is 1. The van der Waals surface area contributed by atoms with Crippen LogP contribution in [0.1, 0.15) is 36.0 Å². The van der Waals surface area contributed by atoms with Crippen molar-refractivity contribution in [2.24, 2.45) is 0 Å². The van der Waals surface area contributed by atoms with Gasteiger partial charge in [-0.15, -0.1) is 5.10 Å². The van der Waals surface area contributed by atoms with E-state index in [1.54, 1.807) is 22.9 Å². The van der Waals surface area contributed by atoms with Gasteiger partial charge in [0.05, 0.1) is 11.1 Å². The van der Waals surface area contributed by atoms with E-state index in [1.165, 1.54) is 25.0 Å². The molecule has 0 spiro atoms. The summed E-state index contributed by atoms with van der Waals surface area (Å²) < 4.78 is 1.80. The van der Waals surface area contributed by atoms with Crippen molar-refractivity contribution in [3.63, 3.8) is 0 Å². The minimum atomic E-state index is -0.920. The molecule has 0 unspecified atom stereocenters. The van der Waals surface area contributed by atoms with Crippen molar-refractivity contribution in [1.29, 1.82) is 0 Å². The molecule has 0 bridgehead atoms. The predicted molar refractivity (Wildman–Crippen MR) is 81.3 cm³/mol. The number of carbonyl (C=O) groups is 1. The molecule has 0 aliphatic rings. The van der Waals surface area contributed by atoms with Crippen molar-refractivity contribution in [3.8, 4) is 0 Å². The fourth-order valence-electron chi connectivity index (χ4n) is 2.12. The summed E-state index contributed by atoms with van der Waals surface area (Å²) in [4.78, 5) is 11.0. The molecule has 0 aliphatic heterocycles. The van der Waals surface area contributed by atoms with E-state index in [9.17, 15) is 4.79 Å². The Kier molecular flexibility index (Phi) is 5.40. The Morgan fingerprint density at radius 2 is 2.10 bits per heavy atom. The highest BCUT2D eigenvalue weighted by molar-refractivity contribution is 7.98. The minimum absolute atomic E-state index is 0.279. The Bertz CT molecular complexity index is 583. The minimum Gasteiger partial charge on any atom is -0.478 e. The van der Waals surface area contributed by atoms with Crippen LogP contribution in [-0.4, -0.2) is 38.1 Å². The summed E-state index contributed by atoms with van der Waals surface area (Å²) in [5.74, 6) is 0.297. The number of carboxylic acids is 1. The number of carboxylic acid groups (broad SMARTS) is 1. The van der Waals surface area contributed by atoms with E-state index in [2.05, 4.69) is 16.6 Å². The number of hydrogen-bond acceptors (Lipinski definition) is 4. The third-order valence-corrected chi connectivity index (χ3v) is 3.93. The molecule has 0 fully saturated rings. The standard InChI is InChI=1S/C14H19N3O2S/c1-20-9-5-3-2-4-8-17-13-10-11(14(18)19)6-7-12(13)15-16-17/h6-7,10H,2-5,8-9H2,1H3,(H,18,19).